The first-order valence-corrected chi connectivity index (χ1v) is 9.51. The molecule has 0 heterocycles. The first-order chi connectivity index (χ1) is 12.5. The molecule has 2 rings (SSSR count). The van der Waals surface area contributed by atoms with Gasteiger partial charge in [-0.2, -0.15) is 4.72 Å². The SMILES string of the molecule is COC(=O)C(NS(=O)(=O)c1ccc(Br)cc1OC(F)(F)F)c1ccccc1. The second-order valence-electron chi connectivity index (χ2n) is 5.13. The fourth-order valence-electron chi connectivity index (χ4n) is 2.14. The Hall–Kier alpha value is -2.11. The Morgan fingerprint density at radius 1 is 1.15 bits per heavy atom. The van der Waals surface area contributed by atoms with Gasteiger partial charge in [-0.1, -0.05) is 46.3 Å². The molecule has 0 saturated carbocycles. The van der Waals surface area contributed by atoms with E-state index in [2.05, 4.69) is 30.1 Å². The summed E-state index contributed by atoms with van der Waals surface area (Å²) in [5.41, 5.74) is 0.253. The molecular formula is C16H13BrF3NO5S. The molecular weight excluding hydrogens is 455 g/mol. The van der Waals surface area contributed by atoms with Crippen LogP contribution in [0.1, 0.15) is 11.6 Å². The Morgan fingerprint density at radius 3 is 2.33 bits per heavy atom. The van der Waals surface area contributed by atoms with Gasteiger partial charge in [0.05, 0.1) is 7.11 Å². The predicted octanol–water partition coefficient (Wildman–Crippen LogP) is 3.54. The number of carbonyl (C=O) groups is 1. The number of benzene rings is 2. The van der Waals surface area contributed by atoms with Crippen LogP contribution in [-0.4, -0.2) is 27.9 Å². The van der Waals surface area contributed by atoms with Crippen molar-refractivity contribution in [2.75, 3.05) is 7.11 Å². The van der Waals surface area contributed by atoms with Gasteiger partial charge in [0.2, 0.25) is 10.0 Å². The molecule has 0 aliphatic carbocycles. The number of nitrogens with one attached hydrogen (secondary N) is 1. The van der Waals surface area contributed by atoms with Crippen molar-refractivity contribution in [1.29, 1.82) is 0 Å². The van der Waals surface area contributed by atoms with E-state index < -0.39 is 39.0 Å². The zero-order valence-corrected chi connectivity index (χ0v) is 16.1. The van der Waals surface area contributed by atoms with Gasteiger partial charge in [0.15, 0.2) is 5.75 Å². The van der Waals surface area contributed by atoms with Crippen LogP contribution in [0.3, 0.4) is 0 Å². The number of methoxy groups -OCH3 is 1. The molecule has 0 aliphatic rings. The average Bonchev–Trinajstić information content (AvgIpc) is 2.58. The van der Waals surface area contributed by atoms with Gasteiger partial charge >= 0.3 is 12.3 Å². The van der Waals surface area contributed by atoms with Gasteiger partial charge in [-0.25, -0.2) is 13.2 Å². The lowest BCUT2D eigenvalue weighted by atomic mass is 10.1. The highest BCUT2D eigenvalue weighted by Crippen LogP contribution is 2.33. The van der Waals surface area contributed by atoms with Gasteiger partial charge in [0, 0.05) is 4.47 Å². The standard InChI is InChI=1S/C16H13BrF3NO5S/c1-25-15(22)14(10-5-3-2-4-6-10)21-27(23,24)13-8-7-11(17)9-12(13)26-16(18,19)20/h2-9,14,21H,1H3. The van der Waals surface area contributed by atoms with Crippen LogP contribution in [0.5, 0.6) is 5.75 Å². The maximum absolute atomic E-state index is 12.7. The van der Waals surface area contributed by atoms with Crippen LogP contribution in [0.4, 0.5) is 13.2 Å². The van der Waals surface area contributed by atoms with Gasteiger partial charge in [-0.3, -0.25) is 0 Å². The summed E-state index contributed by atoms with van der Waals surface area (Å²) in [5.74, 6) is -1.87. The number of hydrogen-bond acceptors (Lipinski definition) is 5. The maximum Gasteiger partial charge on any atom is 0.573 e. The highest BCUT2D eigenvalue weighted by molar-refractivity contribution is 9.10. The van der Waals surface area contributed by atoms with E-state index in [0.29, 0.717) is 0 Å². The number of halogens is 4. The number of sulfonamides is 1. The van der Waals surface area contributed by atoms with E-state index in [9.17, 15) is 26.4 Å². The molecule has 2 aromatic carbocycles. The molecule has 11 heteroatoms. The summed E-state index contributed by atoms with van der Waals surface area (Å²) < 4.78 is 73.9. The van der Waals surface area contributed by atoms with Crippen molar-refractivity contribution >= 4 is 31.9 Å². The molecule has 1 atom stereocenters. The normalized spacial score (nSPS) is 13.1. The summed E-state index contributed by atoms with van der Waals surface area (Å²) in [5, 5.41) is 0. The van der Waals surface area contributed by atoms with Crippen LogP contribution in [-0.2, 0) is 19.6 Å². The zero-order valence-electron chi connectivity index (χ0n) is 13.7. The van der Waals surface area contributed by atoms with Crippen LogP contribution < -0.4 is 9.46 Å². The zero-order chi connectivity index (χ0) is 20.2. The topological polar surface area (TPSA) is 81.7 Å². The van der Waals surface area contributed by atoms with E-state index in [1.165, 1.54) is 18.2 Å². The Morgan fingerprint density at radius 2 is 1.78 bits per heavy atom. The summed E-state index contributed by atoms with van der Waals surface area (Å²) in [6, 6.07) is 9.28. The number of rotatable bonds is 6. The van der Waals surface area contributed by atoms with Gasteiger partial charge in [-0.15, -0.1) is 13.2 Å². The Kier molecular flexibility index (Phi) is 6.50. The molecule has 0 bridgehead atoms. The molecule has 1 unspecified atom stereocenters. The molecule has 146 valence electrons. The van der Waals surface area contributed by atoms with Crippen molar-refractivity contribution in [1.82, 2.24) is 4.72 Å². The van der Waals surface area contributed by atoms with Crippen molar-refractivity contribution in [2.45, 2.75) is 17.3 Å². The van der Waals surface area contributed by atoms with Gasteiger partial charge < -0.3 is 9.47 Å². The minimum atomic E-state index is -5.10. The number of hydrogen-bond donors (Lipinski definition) is 1. The second kappa shape index (κ2) is 8.28. The summed E-state index contributed by atoms with van der Waals surface area (Å²) in [7, 11) is -3.52. The number of carbonyl (C=O) groups excluding carboxylic acids is 1. The maximum atomic E-state index is 12.7. The van der Waals surface area contributed by atoms with E-state index in [-0.39, 0.29) is 10.0 Å². The van der Waals surface area contributed by atoms with E-state index in [4.69, 9.17) is 0 Å². The molecule has 0 aromatic heterocycles. The van der Waals surface area contributed by atoms with E-state index in [1.54, 1.807) is 18.2 Å². The minimum Gasteiger partial charge on any atom is -0.468 e. The molecule has 1 N–H and O–H groups in total. The molecule has 2 aromatic rings. The van der Waals surface area contributed by atoms with E-state index >= 15 is 0 Å². The molecule has 0 fully saturated rings. The smallest absolute Gasteiger partial charge is 0.468 e. The quantitative estimate of drug-likeness (QED) is 0.657. The van der Waals surface area contributed by atoms with Gasteiger partial charge in [-0.05, 0) is 23.8 Å². The van der Waals surface area contributed by atoms with Crippen molar-refractivity contribution in [2.24, 2.45) is 0 Å². The van der Waals surface area contributed by atoms with Crippen molar-refractivity contribution < 1.29 is 35.9 Å². The molecule has 0 spiro atoms. The summed E-state index contributed by atoms with van der Waals surface area (Å²) in [4.78, 5) is 11.2. The Labute approximate surface area is 161 Å². The predicted molar refractivity (Wildman–Crippen MR) is 92.3 cm³/mol. The first kappa shape index (κ1) is 21.2. The largest absolute Gasteiger partial charge is 0.573 e. The lowest BCUT2D eigenvalue weighted by Gasteiger charge is -2.19. The van der Waals surface area contributed by atoms with Gasteiger partial charge in [0.1, 0.15) is 10.9 Å². The van der Waals surface area contributed by atoms with Crippen molar-refractivity contribution in [3.8, 4) is 5.75 Å². The third-order valence-corrected chi connectivity index (χ3v) is 5.22. The number of alkyl halides is 3. The molecule has 0 saturated heterocycles. The lowest BCUT2D eigenvalue weighted by molar-refractivity contribution is -0.275. The monoisotopic (exact) mass is 467 g/mol. The number of esters is 1. The minimum absolute atomic E-state index is 0.174. The third kappa shape index (κ3) is 5.68. The number of ether oxygens (including phenoxy) is 2. The third-order valence-electron chi connectivity index (χ3n) is 3.26. The van der Waals surface area contributed by atoms with E-state index in [1.807, 2.05) is 0 Å². The fourth-order valence-corrected chi connectivity index (χ4v) is 3.76. The Bertz CT molecular complexity index is 919. The molecule has 0 amide bonds. The van der Waals surface area contributed by atoms with Gasteiger partial charge in [0.25, 0.3) is 0 Å². The first-order valence-electron chi connectivity index (χ1n) is 7.24. The Balaban J connectivity index is 2.47. The second-order valence-corrected chi connectivity index (χ2v) is 7.73. The average molecular weight is 468 g/mol. The van der Waals surface area contributed by atoms with Crippen LogP contribution in [0.15, 0.2) is 57.9 Å². The summed E-state index contributed by atoms with van der Waals surface area (Å²) in [6.45, 7) is 0. The van der Waals surface area contributed by atoms with Crippen molar-refractivity contribution in [3.63, 3.8) is 0 Å². The van der Waals surface area contributed by atoms with Crippen LogP contribution in [0, 0.1) is 0 Å². The molecule has 0 radical (unpaired) electrons. The fraction of sp³-hybridized carbons (Fsp3) is 0.188. The molecule has 6 nitrogen and oxygen atoms in total. The van der Waals surface area contributed by atoms with Crippen LogP contribution in [0.25, 0.3) is 0 Å². The van der Waals surface area contributed by atoms with Crippen LogP contribution in [0.2, 0.25) is 0 Å². The molecule has 27 heavy (non-hydrogen) atoms. The highest BCUT2D eigenvalue weighted by Gasteiger charge is 2.36. The highest BCUT2D eigenvalue weighted by atomic mass is 79.9. The van der Waals surface area contributed by atoms with E-state index in [0.717, 1.165) is 19.2 Å². The summed E-state index contributed by atoms with van der Waals surface area (Å²) >= 11 is 2.96. The molecule has 0 aliphatic heterocycles. The summed E-state index contributed by atoms with van der Waals surface area (Å²) in [6.07, 6.45) is -5.10. The lowest BCUT2D eigenvalue weighted by Crippen LogP contribution is -2.35. The van der Waals surface area contributed by atoms with Crippen LogP contribution >= 0.6 is 15.9 Å². The van der Waals surface area contributed by atoms with Crippen molar-refractivity contribution in [3.05, 3.63) is 58.6 Å².